The lowest BCUT2D eigenvalue weighted by molar-refractivity contribution is 1.32. The van der Waals surface area contributed by atoms with Crippen LogP contribution in [0.5, 0.6) is 0 Å². The summed E-state index contributed by atoms with van der Waals surface area (Å²) < 4.78 is 0. The molecule has 25 heavy (non-hydrogen) atoms. The molecular formula is C17H6Cl7N. The second-order valence-corrected chi connectivity index (χ2v) is 7.73. The molecule has 1 heterocycles. The maximum Gasteiger partial charge on any atom is 0.0904 e. The zero-order valence-corrected chi connectivity index (χ0v) is 17.3. The molecule has 1 nitrogen and oxygen atoms in total. The maximum absolute atomic E-state index is 6.40. The number of aromatic nitrogens is 1. The molecule has 1 aromatic heterocycles. The number of halogens is 7. The predicted molar refractivity (Wildman–Crippen MR) is 110 cm³/mol. The topological polar surface area (TPSA) is 12.9 Å². The first-order valence-corrected chi connectivity index (χ1v) is 9.39. The van der Waals surface area contributed by atoms with E-state index in [1.807, 2.05) is 0 Å². The minimum Gasteiger partial charge on any atom is -0.254 e. The summed E-state index contributed by atoms with van der Waals surface area (Å²) in [5.74, 6) is 0. The van der Waals surface area contributed by atoms with E-state index in [2.05, 4.69) is 4.98 Å². The van der Waals surface area contributed by atoms with Crippen LogP contribution < -0.4 is 0 Å². The summed E-state index contributed by atoms with van der Waals surface area (Å²) in [6.45, 7) is 0. The van der Waals surface area contributed by atoms with E-state index in [9.17, 15) is 0 Å². The lowest BCUT2D eigenvalue weighted by Crippen LogP contribution is -1.90. The van der Waals surface area contributed by atoms with Crippen LogP contribution in [0.3, 0.4) is 0 Å². The number of benzene rings is 2. The van der Waals surface area contributed by atoms with Crippen molar-refractivity contribution in [1.29, 1.82) is 0 Å². The highest BCUT2D eigenvalue weighted by Gasteiger charge is 2.16. The van der Waals surface area contributed by atoms with E-state index >= 15 is 0 Å². The predicted octanol–water partition coefficient (Wildman–Crippen LogP) is 8.99. The molecule has 0 unspecified atom stereocenters. The first-order valence-electron chi connectivity index (χ1n) is 6.74. The molecule has 3 rings (SSSR count). The van der Waals surface area contributed by atoms with E-state index in [0.717, 1.165) is 0 Å². The van der Waals surface area contributed by atoms with Gasteiger partial charge in [0.1, 0.15) is 0 Å². The quantitative estimate of drug-likeness (QED) is 0.339. The van der Waals surface area contributed by atoms with Crippen LogP contribution in [0.15, 0.2) is 36.5 Å². The average Bonchev–Trinajstić information content (AvgIpc) is 2.58. The third kappa shape index (κ3) is 3.70. The fourth-order valence-electron chi connectivity index (χ4n) is 2.24. The fourth-order valence-corrected chi connectivity index (χ4v) is 3.78. The number of hydrogen-bond donors (Lipinski definition) is 0. The molecule has 0 radical (unpaired) electrons. The monoisotopic (exact) mass is 469 g/mol. The van der Waals surface area contributed by atoms with Crippen LogP contribution in [0.1, 0.15) is 0 Å². The SMILES string of the molecule is Clc1cc(-c2ccc(Cl)c(Cl)c2Cl)cnc1-c1ccc(Cl)c(Cl)c1Cl. The van der Waals surface area contributed by atoms with Crippen LogP contribution in [0, 0.1) is 0 Å². The highest BCUT2D eigenvalue weighted by atomic mass is 35.5. The van der Waals surface area contributed by atoms with Gasteiger partial charge < -0.3 is 0 Å². The van der Waals surface area contributed by atoms with E-state index in [-0.39, 0.29) is 15.1 Å². The van der Waals surface area contributed by atoms with Crippen molar-refractivity contribution >= 4 is 81.2 Å². The highest BCUT2D eigenvalue weighted by Crippen LogP contribution is 2.42. The van der Waals surface area contributed by atoms with Gasteiger partial charge in [0, 0.05) is 22.9 Å². The summed E-state index contributed by atoms with van der Waals surface area (Å²) in [6.07, 6.45) is 1.62. The lowest BCUT2D eigenvalue weighted by atomic mass is 10.1. The van der Waals surface area contributed by atoms with Gasteiger partial charge in [-0.1, -0.05) is 87.3 Å². The Morgan fingerprint density at radius 3 is 1.64 bits per heavy atom. The van der Waals surface area contributed by atoms with Crippen molar-refractivity contribution in [2.45, 2.75) is 0 Å². The van der Waals surface area contributed by atoms with E-state index < -0.39 is 0 Å². The van der Waals surface area contributed by atoms with Gasteiger partial charge in [0.05, 0.1) is 40.9 Å². The van der Waals surface area contributed by atoms with Gasteiger partial charge in [0.2, 0.25) is 0 Å². The van der Waals surface area contributed by atoms with E-state index in [0.29, 0.717) is 42.5 Å². The maximum atomic E-state index is 6.40. The van der Waals surface area contributed by atoms with Gasteiger partial charge in [0.15, 0.2) is 0 Å². The third-order valence-corrected chi connectivity index (χ3v) is 6.35. The average molecular weight is 472 g/mol. The van der Waals surface area contributed by atoms with E-state index in [1.54, 1.807) is 36.5 Å². The first kappa shape index (κ1) is 19.4. The Morgan fingerprint density at radius 1 is 0.560 bits per heavy atom. The van der Waals surface area contributed by atoms with Crippen molar-refractivity contribution < 1.29 is 0 Å². The van der Waals surface area contributed by atoms with Crippen molar-refractivity contribution in [3.63, 3.8) is 0 Å². The number of hydrogen-bond acceptors (Lipinski definition) is 1. The van der Waals surface area contributed by atoms with E-state index in [1.165, 1.54) is 0 Å². The molecule has 128 valence electrons. The molecule has 0 atom stereocenters. The van der Waals surface area contributed by atoms with Gasteiger partial charge in [-0.15, -0.1) is 0 Å². The Labute approximate surface area is 179 Å². The fraction of sp³-hybridized carbons (Fsp3) is 0. The molecule has 0 fully saturated rings. The Kier molecular flexibility index (Phi) is 5.97. The summed E-state index contributed by atoms with van der Waals surface area (Å²) in [6, 6.07) is 8.45. The number of pyridine rings is 1. The molecule has 0 saturated carbocycles. The van der Waals surface area contributed by atoms with Crippen molar-refractivity contribution in [2.24, 2.45) is 0 Å². The minimum atomic E-state index is 0.246. The molecule has 0 bridgehead atoms. The van der Waals surface area contributed by atoms with Crippen molar-refractivity contribution in [1.82, 2.24) is 4.98 Å². The smallest absolute Gasteiger partial charge is 0.0904 e. The molecule has 0 amide bonds. The van der Waals surface area contributed by atoms with Crippen LogP contribution in [0.4, 0.5) is 0 Å². The van der Waals surface area contributed by atoms with Gasteiger partial charge >= 0.3 is 0 Å². The molecule has 0 aliphatic carbocycles. The third-order valence-electron chi connectivity index (χ3n) is 3.48. The number of nitrogens with zero attached hydrogens (tertiary/aromatic N) is 1. The Balaban J connectivity index is 2.12. The zero-order valence-electron chi connectivity index (χ0n) is 12.1. The summed E-state index contributed by atoms with van der Waals surface area (Å²) in [5, 5.41) is 2.22. The molecule has 0 spiro atoms. The largest absolute Gasteiger partial charge is 0.254 e. The van der Waals surface area contributed by atoms with Crippen LogP contribution >= 0.6 is 81.2 Å². The van der Waals surface area contributed by atoms with Crippen LogP contribution in [-0.2, 0) is 0 Å². The highest BCUT2D eigenvalue weighted by molar-refractivity contribution is 6.50. The second kappa shape index (κ2) is 7.70. The molecule has 3 aromatic rings. The molecule has 0 aliphatic heterocycles. The zero-order chi connectivity index (χ0) is 18.3. The molecule has 0 aliphatic rings. The van der Waals surface area contributed by atoms with E-state index in [4.69, 9.17) is 81.2 Å². The number of rotatable bonds is 2. The normalized spacial score (nSPS) is 11.0. The standard InChI is InChI=1S/C17H6Cl7N/c18-10-3-1-8(13(21)15(10)23)7-5-12(20)17(25-6-7)9-2-4-11(19)16(24)14(9)22/h1-6H. The first-order chi connectivity index (χ1) is 11.8. The van der Waals surface area contributed by atoms with Gasteiger partial charge in [-0.05, 0) is 24.3 Å². The van der Waals surface area contributed by atoms with Gasteiger partial charge in [-0.3, -0.25) is 4.98 Å². The molecule has 8 heteroatoms. The minimum absolute atomic E-state index is 0.246. The molecule has 2 aromatic carbocycles. The van der Waals surface area contributed by atoms with Crippen molar-refractivity contribution in [3.8, 4) is 22.4 Å². The van der Waals surface area contributed by atoms with Crippen LogP contribution in [0.25, 0.3) is 22.4 Å². The summed E-state index contributed by atoms with van der Waals surface area (Å²) in [4.78, 5) is 4.40. The van der Waals surface area contributed by atoms with Gasteiger partial charge in [-0.25, -0.2) is 0 Å². The van der Waals surface area contributed by atoms with Crippen LogP contribution in [0.2, 0.25) is 35.2 Å². The Hall–Kier alpha value is -0.380. The summed E-state index contributed by atoms with van der Waals surface area (Å²) >= 11 is 43.0. The van der Waals surface area contributed by atoms with Crippen molar-refractivity contribution in [3.05, 3.63) is 71.7 Å². The molecule has 0 saturated heterocycles. The molecular weight excluding hydrogens is 466 g/mol. The second-order valence-electron chi connectivity index (χ2n) is 5.00. The van der Waals surface area contributed by atoms with Crippen LogP contribution in [-0.4, -0.2) is 4.98 Å². The van der Waals surface area contributed by atoms with Gasteiger partial charge in [-0.2, -0.15) is 0 Å². The lowest BCUT2D eigenvalue weighted by Gasteiger charge is -2.11. The summed E-state index contributed by atoms with van der Waals surface area (Å²) in [7, 11) is 0. The molecule has 0 N–H and O–H groups in total. The van der Waals surface area contributed by atoms with Crippen molar-refractivity contribution in [2.75, 3.05) is 0 Å². The summed E-state index contributed by atoms with van der Waals surface area (Å²) in [5.41, 5.74) is 2.41. The van der Waals surface area contributed by atoms with Gasteiger partial charge in [0.25, 0.3) is 0 Å². The Bertz CT molecular complexity index is 985. The Morgan fingerprint density at radius 2 is 1.08 bits per heavy atom.